The fourth-order valence-corrected chi connectivity index (χ4v) is 4.14. The summed E-state index contributed by atoms with van der Waals surface area (Å²) in [4.78, 5) is 20.1. The maximum Gasteiger partial charge on any atom is 0.273 e. The van der Waals surface area contributed by atoms with Crippen LogP contribution in [0.25, 0.3) is 10.8 Å². The van der Waals surface area contributed by atoms with E-state index in [1.165, 1.54) is 11.3 Å². The average molecular weight is 303 g/mol. The number of aryl methyl sites for hydroxylation is 1. The SMILES string of the molecule is Cc1sc(-c2ccco2)nc1C(=O)N1C[C@H]2CNC[C@H]2C1. The number of hydrogen-bond acceptors (Lipinski definition) is 5. The number of amides is 1. The van der Waals surface area contributed by atoms with Gasteiger partial charge in [0.05, 0.1) is 6.26 Å². The summed E-state index contributed by atoms with van der Waals surface area (Å²) < 4.78 is 5.37. The Morgan fingerprint density at radius 1 is 1.43 bits per heavy atom. The number of nitrogens with zero attached hydrogens (tertiary/aromatic N) is 2. The van der Waals surface area contributed by atoms with Crippen molar-refractivity contribution in [2.75, 3.05) is 26.2 Å². The van der Waals surface area contributed by atoms with E-state index in [1.807, 2.05) is 24.0 Å². The van der Waals surface area contributed by atoms with Gasteiger partial charge in [-0.2, -0.15) is 0 Å². The number of furan rings is 1. The van der Waals surface area contributed by atoms with Crippen LogP contribution in [-0.4, -0.2) is 42.0 Å². The number of rotatable bonds is 2. The standard InChI is InChI=1S/C15H17N3O2S/c1-9-13(17-14(21-9)12-3-2-4-20-12)15(19)18-7-10-5-16-6-11(10)8-18/h2-4,10-11,16H,5-8H2,1H3/t10-,11+. The summed E-state index contributed by atoms with van der Waals surface area (Å²) in [6.45, 7) is 5.72. The lowest BCUT2D eigenvalue weighted by molar-refractivity contribution is 0.0776. The van der Waals surface area contributed by atoms with E-state index >= 15 is 0 Å². The lowest BCUT2D eigenvalue weighted by Gasteiger charge is -2.16. The van der Waals surface area contributed by atoms with Gasteiger partial charge in [-0.3, -0.25) is 4.79 Å². The van der Waals surface area contributed by atoms with E-state index in [-0.39, 0.29) is 5.91 Å². The third-order valence-electron chi connectivity index (χ3n) is 4.41. The number of aromatic nitrogens is 1. The first-order valence-electron chi connectivity index (χ1n) is 7.23. The highest BCUT2D eigenvalue weighted by atomic mass is 32.1. The molecule has 0 unspecified atom stereocenters. The second kappa shape index (κ2) is 4.96. The molecule has 110 valence electrons. The maximum absolute atomic E-state index is 12.7. The smallest absolute Gasteiger partial charge is 0.273 e. The first-order chi connectivity index (χ1) is 10.2. The molecule has 5 nitrogen and oxygen atoms in total. The Kier molecular flexibility index (Phi) is 3.08. The Labute approximate surface area is 127 Å². The normalized spacial score (nSPS) is 24.5. The molecule has 2 aliphatic heterocycles. The van der Waals surface area contributed by atoms with Crippen LogP contribution in [0.15, 0.2) is 22.8 Å². The van der Waals surface area contributed by atoms with Crippen molar-refractivity contribution in [1.82, 2.24) is 15.2 Å². The average Bonchev–Trinajstić information content (AvgIpc) is 3.21. The molecule has 2 aromatic heterocycles. The molecule has 1 N–H and O–H groups in total. The van der Waals surface area contributed by atoms with Gasteiger partial charge in [-0.1, -0.05) is 0 Å². The van der Waals surface area contributed by atoms with Gasteiger partial charge in [0, 0.05) is 31.1 Å². The molecule has 0 aromatic carbocycles. The Hall–Kier alpha value is -1.66. The van der Waals surface area contributed by atoms with Crippen molar-refractivity contribution in [3.05, 3.63) is 29.0 Å². The number of carbonyl (C=O) groups is 1. The van der Waals surface area contributed by atoms with Crippen molar-refractivity contribution in [1.29, 1.82) is 0 Å². The van der Waals surface area contributed by atoms with Crippen molar-refractivity contribution in [2.45, 2.75) is 6.92 Å². The molecule has 6 heteroatoms. The highest BCUT2D eigenvalue weighted by Crippen LogP contribution is 2.31. The van der Waals surface area contributed by atoms with E-state index in [2.05, 4.69) is 10.3 Å². The summed E-state index contributed by atoms with van der Waals surface area (Å²) in [5, 5.41) is 4.17. The molecule has 1 amide bonds. The van der Waals surface area contributed by atoms with Crippen molar-refractivity contribution in [2.24, 2.45) is 11.8 Å². The van der Waals surface area contributed by atoms with Crippen LogP contribution in [-0.2, 0) is 0 Å². The topological polar surface area (TPSA) is 58.4 Å². The Bertz CT molecular complexity index is 653. The second-order valence-electron chi connectivity index (χ2n) is 5.79. The van der Waals surface area contributed by atoms with Gasteiger partial charge in [0.2, 0.25) is 0 Å². The predicted molar refractivity (Wildman–Crippen MR) is 80.3 cm³/mol. The predicted octanol–water partition coefficient (Wildman–Crippen LogP) is 2.00. The molecule has 2 saturated heterocycles. The van der Waals surface area contributed by atoms with E-state index in [1.54, 1.807) is 6.26 Å². The van der Waals surface area contributed by atoms with Gasteiger partial charge in [0.1, 0.15) is 5.69 Å². The van der Waals surface area contributed by atoms with Crippen LogP contribution in [0.3, 0.4) is 0 Å². The minimum absolute atomic E-state index is 0.0657. The van der Waals surface area contributed by atoms with Gasteiger partial charge in [-0.15, -0.1) is 11.3 Å². The Morgan fingerprint density at radius 3 is 2.86 bits per heavy atom. The lowest BCUT2D eigenvalue weighted by atomic mass is 10.0. The fraction of sp³-hybridized carbons (Fsp3) is 0.467. The zero-order valence-corrected chi connectivity index (χ0v) is 12.7. The van der Waals surface area contributed by atoms with Gasteiger partial charge < -0.3 is 14.6 Å². The first-order valence-corrected chi connectivity index (χ1v) is 8.05. The van der Waals surface area contributed by atoms with Crippen LogP contribution >= 0.6 is 11.3 Å². The molecule has 21 heavy (non-hydrogen) atoms. The number of likely N-dealkylation sites (tertiary alicyclic amines) is 1. The molecule has 2 atom stereocenters. The van der Waals surface area contributed by atoms with Crippen molar-refractivity contribution < 1.29 is 9.21 Å². The second-order valence-corrected chi connectivity index (χ2v) is 6.99. The number of nitrogens with one attached hydrogen (secondary N) is 1. The van der Waals surface area contributed by atoms with Crippen LogP contribution < -0.4 is 5.32 Å². The summed E-state index contributed by atoms with van der Waals surface area (Å²) in [6.07, 6.45) is 1.63. The van der Waals surface area contributed by atoms with Crippen molar-refractivity contribution in [3.8, 4) is 10.8 Å². The summed E-state index contributed by atoms with van der Waals surface area (Å²) in [7, 11) is 0. The Morgan fingerprint density at radius 2 is 2.19 bits per heavy atom. The summed E-state index contributed by atoms with van der Waals surface area (Å²) >= 11 is 1.52. The van der Waals surface area contributed by atoms with E-state index in [0.717, 1.165) is 41.8 Å². The molecule has 0 spiro atoms. The summed E-state index contributed by atoms with van der Waals surface area (Å²) in [5.74, 6) is 2.01. The molecule has 4 rings (SSSR count). The lowest BCUT2D eigenvalue weighted by Crippen LogP contribution is -2.32. The molecule has 2 aromatic rings. The fourth-order valence-electron chi connectivity index (χ4n) is 3.27. The van der Waals surface area contributed by atoms with E-state index in [0.29, 0.717) is 17.5 Å². The van der Waals surface area contributed by atoms with Gasteiger partial charge in [0.25, 0.3) is 5.91 Å². The summed E-state index contributed by atoms with van der Waals surface area (Å²) in [6, 6.07) is 3.71. The maximum atomic E-state index is 12.7. The molecule has 0 saturated carbocycles. The van der Waals surface area contributed by atoms with Crippen LogP contribution in [0, 0.1) is 18.8 Å². The van der Waals surface area contributed by atoms with Crippen LogP contribution in [0.5, 0.6) is 0 Å². The number of carbonyl (C=O) groups excluding carboxylic acids is 1. The van der Waals surface area contributed by atoms with E-state index in [4.69, 9.17) is 4.42 Å². The molecule has 2 fully saturated rings. The van der Waals surface area contributed by atoms with Crippen molar-refractivity contribution in [3.63, 3.8) is 0 Å². The molecular weight excluding hydrogens is 286 g/mol. The van der Waals surface area contributed by atoms with Gasteiger partial charge in [-0.05, 0) is 30.9 Å². The number of thiazole rings is 1. The summed E-state index contributed by atoms with van der Waals surface area (Å²) in [5.41, 5.74) is 0.583. The molecular formula is C15H17N3O2S. The molecule has 0 aliphatic carbocycles. The minimum atomic E-state index is 0.0657. The van der Waals surface area contributed by atoms with Gasteiger partial charge in [-0.25, -0.2) is 4.98 Å². The van der Waals surface area contributed by atoms with Crippen LogP contribution in [0.1, 0.15) is 15.4 Å². The minimum Gasteiger partial charge on any atom is -0.462 e. The van der Waals surface area contributed by atoms with E-state index < -0.39 is 0 Å². The van der Waals surface area contributed by atoms with Crippen LogP contribution in [0.4, 0.5) is 0 Å². The van der Waals surface area contributed by atoms with Gasteiger partial charge in [0.15, 0.2) is 10.8 Å². The molecule has 4 heterocycles. The Balaban J connectivity index is 1.57. The third-order valence-corrected chi connectivity index (χ3v) is 5.39. The molecule has 2 aliphatic rings. The largest absolute Gasteiger partial charge is 0.462 e. The van der Waals surface area contributed by atoms with Crippen molar-refractivity contribution >= 4 is 17.2 Å². The molecule has 0 radical (unpaired) electrons. The van der Waals surface area contributed by atoms with Gasteiger partial charge >= 0.3 is 0 Å². The number of fused-ring (bicyclic) bond motifs is 1. The highest BCUT2D eigenvalue weighted by Gasteiger charge is 2.39. The monoisotopic (exact) mass is 303 g/mol. The zero-order chi connectivity index (χ0) is 14.4. The zero-order valence-electron chi connectivity index (χ0n) is 11.8. The quantitative estimate of drug-likeness (QED) is 0.922. The number of hydrogen-bond donors (Lipinski definition) is 1. The molecule has 0 bridgehead atoms. The van der Waals surface area contributed by atoms with E-state index in [9.17, 15) is 4.79 Å². The highest BCUT2D eigenvalue weighted by molar-refractivity contribution is 7.15. The third kappa shape index (κ3) is 2.18. The van der Waals surface area contributed by atoms with Crippen LogP contribution in [0.2, 0.25) is 0 Å². The first kappa shape index (κ1) is 13.0.